The van der Waals surface area contributed by atoms with Crippen LogP contribution in [0, 0.1) is 13.8 Å². The van der Waals surface area contributed by atoms with Gasteiger partial charge in [0, 0.05) is 19.9 Å². The Hall–Kier alpha value is -2.01. The highest BCUT2D eigenvalue weighted by atomic mass is 16.5. The van der Waals surface area contributed by atoms with Gasteiger partial charge in [0.15, 0.2) is 0 Å². The average Bonchev–Trinajstić information content (AvgIpc) is 2.88. The predicted molar refractivity (Wildman–Crippen MR) is 79.0 cm³/mol. The number of hydrogen-bond acceptors (Lipinski definition) is 4. The molecule has 5 heteroatoms. The third-order valence-electron chi connectivity index (χ3n) is 3.21. The van der Waals surface area contributed by atoms with E-state index >= 15 is 0 Å². The Morgan fingerprint density at radius 2 is 2.00 bits per heavy atom. The van der Waals surface area contributed by atoms with Crippen molar-refractivity contribution in [1.82, 2.24) is 9.78 Å². The van der Waals surface area contributed by atoms with Crippen molar-refractivity contribution < 1.29 is 9.84 Å². The molecule has 1 aromatic heterocycles. The maximum absolute atomic E-state index is 9.76. The van der Waals surface area contributed by atoms with Crippen LogP contribution in [-0.2, 0) is 17.8 Å². The van der Waals surface area contributed by atoms with E-state index in [-0.39, 0.29) is 0 Å². The first kappa shape index (κ1) is 14.4. The van der Waals surface area contributed by atoms with Crippen LogP contribution in [0.5, 0.6) is 5.75 Å². The molecule has 0 spiro atoms. The molecule has 0 amide bonds. The Bertz CT molecular complexity index is 555. The van der Waals surface area contributed by atoms with Crippen LogP contribution in [-0.4, -0.2) is 28.6 Å². The van der Waals surface area contributed by atoms with Crippen molar-refractivity contribution >= 4 is 5.69 Å². The number of aryl methyl sites for hydroxylation is 2. The molecule has 5 nitrogen and oxygen atoms in total. The molecule has 0 aliphatic rings. The van der Waals surface area contributed by atoms with Crippen LogP contribution >= 0.6 is 0 Å². The number of anilines is 1. The number of rotatable bonds is 6. The van der Waals surface area contributed by atoms with Crippen molar-refractivity contribution in [3.8, 4) is 5.75 Å². The van der Waals surface area contributed by atoms with Crippen LogP contribution in [0.15, 0.2) is 24.5 Å². The van der Waals surface area contributed by atoms with Gasteiger partial charge in [0.05, 0.1) is 25.0 Å². The SMILES string of the molecule is COCCn1cc(NCc2cc(C)c(O)c(C)c2)cn1. The summed E-state index contributed by atoms with van der Waals surface area (Å²) in [6, 6.07) is 3.98. The molecule has 1 aromatic carbocycles. The van der Waals surface area contributed by atoms with E-state index in [1.165, 1.54) is 0 Å². The van der Waals surface area contributed by atoms with Gasteiger partial charge in [-0.25, -0.2) is 0 Å². The topological polar surface area (TPSA) is 59.3 Å². The molecule has 0 fully saturated rings. The highest BCUT2D eigenvalue weighted by molar-refractivity contribution is 5.44. The van der Waals surface area contributed by atoms with E-state index in [0.29, 0.717) is 18.9 Å². The lowest BCUT2D eigenvalue weighted by Gasteiger charge is -2.09. The second-order valence-corrected chi connectivity index (χ2v) is 4.92. The van der Waals surface area contributed by atoms with Gasteiger partial charge in [-0.1, -0.05) is 12.1 Å². The minimum atomic E-state index is 0.376. The van der Waals surface area contributed by atoms with Gasteiger partial charge in [-0.05, 0) is 30.5 Å². The number of benzene rings is 1. The first-order chi connectivity index (χ1) is 9.60. The zero-order valence-corrected chi connectivity index (χ0v) is 12.2. The standard InChI is InChI=1S/C15H21N3O2/c1-11-6-13(7-12(2)15(11)19)8-16-14-9-17-18(10-14)4-5-20-3/h6-7,9-10,16,19H,4-5,8H2,1-3H3. The van der Waals surface area contributed by atoms with Crippen LogP contribution in [0.2, 0.25) is 0 Å². The minimum Gasteiger partial charge on any atom is -0.507 e. The third-order valence-corrected chi connectivity index (χ3v) is 3.21. The zero-order chi connectivity index (χ0) is 14.5. The monoisotopic (exact) mass is 275 g/mol. The second kappa shape index (κ2) is 6.43. The molecule has 0 radical (unpaired) electrons. The molecule has 1 heterocycles. The molecule has 2 rings (SSSR count). The molecule has 0 atom stereocenters. The van der Waals surface area contributed by atoms with E-state index in [4.69, 9.17) is 4.74 Å². The summed E-state index contributed by atoms with van der Waals surface area (Å²) in [5.41, 5.74) is 3.92. The number of methoxy groups -OCH3 is 1. The number of hydrogen-bond donors (Lipinski definition) is 2. The van der Waals surface area contributed by atoms with Crippen molar-refractivity contribution in [2.24, 2.45) is 0 Å². The lowest BCUT2D eigenvalue weighted by Crippen LogP contribution is -2.04. The van der Waals surface area contributed by atoms with E-state index < -0.39 is 0 Å². The predicted octanol–water partition coefficient (Wildman–Crippen LogP) is 2.46. The number of ether oxygens (including phenoxy) is 1. The molecule has 0 aliphatic heterocycles. The lowest BCUT2D eigenvalue weighted by atomic mass is 10.1. The number of phenolic OH excluding ortho intramolecular Hbond substituents is 1. The number of aromatic hydroxyl groups is 1. The molecule has 0 saturated carbocycles. The van der Waals surface area contributed by atoms with Gasteiger partial charge in [0.1, 0.15) is 5.75 Å². The van der Waals surface area contributed by atoms with E-state index in [0.717, 1.165) is 28.9 Å². The third kappa shape index (κ3) is 3.51. The summed E-state index contributed by atoms with van der Waals surface area (Å²) < 4.78 is 6.86. The highest BCUT2D eigenvalue weighted by Gasteiger charge is 2.04. The van der Waals surface area contributed by atoms with Crippen molar-refractivity contribution in [2.75, 3.05) is 19.0 Å². The Morgan fingerprint density at radius 1 is 1.30 bits per heavy atom. The molecule has 0 aliphatic carbocycles. The smallest absolute Gasteiger partial charge is 0.121 e. The fraction of sp³-hybridized carbons (Fsp3) is 0.400. The van der Waals surface area contributed by atoms with Gasteiger partial charge in [-0.2, -0.15) is 5.10 Å². The van der Waals surface area contributed by atoms with Gasteiger partial charge >= 0.3 is 0 Å². The summed E-state index contributed by atoms with van der Waals surface area (Å²) in [5.74, 6) is 0.376. The highest BCUT2D eigenvalue weighted by Crippen LogP contribution is 2.23. The molecule has 0 unspecified atom stereocenters. The summed E-state index contributed by atoms with van der Waals surface area (Å²) in [4.78, 5) is 0. The van der Waals surface area contributed by atoms with Crippen molar-refractivity contribution in [2.45, 2.75) is 26.9 Å². The Morgan fingerprint density at radius 3 is 2.65 bits per heavy atom. The first-order valence-electron chi connectivity index (χ1n) is 6.64. The molecule has 2 aromatic rings. The molecular weight excluding hydrogens is 254 g/mol. The van der Waals surface area contributed by atoms with Crippen molar-refractivity contribution in [3.63, 3.8) is 0 Å². The summed E-state index contributed by atoms with van der Waals surface area (Å²) in [6.07, 6.45) is 3.76. The zero-order valence-electron chi connectivity index (χ0n) is 12.2. The number of aromatic nitrogens is 2. The molecule has 2 N–H and O–H groups in total. The van der Waals surface area contributed by atoms with Crippen LogP contribution in [0.4, 0.5) is 5.69 Å². The van der Waals surface area contributed by atoms with Gasteiger partial charge in [0.25, 0.3) is 0 Å². The number of nitrogens with zero attached hydrogens (tertiary/aromatic N) is 2. The summed E-state index contributed by atoms with van der Waals surface area (Å²) in [7, 11) is 1.68. The fourth-order valence-electron chi connectivity index (χ4n) is 2.11. The summed E-state index contributed by atoms with van der Waals surface area (Å²) >= 11 is 0. The Labute approximate surface area is 119 Å². The van der Waals surface area contributed by atoms with Gasteiger partial charge in [-0.15, -0.1) is 0 Å². The minimum absolute atomic E-state index is 0.376. The van der Waals surface area contributed by atoms with Gasteiger partial charge in [-0.3, -0.25) is 4.68 Å². The maximum atomic E-state index is 9.76. The lowest BCUT2D eigenvalue weighted by molar-refractivity contribution is 0.183. The Balaban J connectivity index is 1.96. The first-order valence-corrected chi connectivity index (χ1v) is 6.64. The quantitative estimate of drug-likeness (QED) is 0.850. The van der Waals surface area contributed by atoms with Crippen molar-refractivity contribution in [1.29, 1.82) is 0 Å². The number of nitrogens with one attached hydrogen (secondary N) is 1. The van der Waals surface area contributed by atoms with Gasteiger partial charge in [0.2, 0.25) is 0 Å². The van der Waals surface area contributed by atoms with Crippen LogP contribution in [0.1, 0.15) is 16.7 Å². The number of phenols is 1. The normalized spacial score (nSPS) is 10.8. The second-order valence-electron chi connectivity index (χ2n) is 4.92. The van der Waals surface area contributed by atoms with Crippen LogP contribution < -0.4 is 5.32 Å². The van der Waals surface area contributed by atoms with Crippen LogP contribution in [0.3, 0.4) is 0 Å². The van der Waals surface area contributed by atoms with E-state index in [1.807, 2.05) is 36.9 Å². The summed E-state index contributed by atoms with van der Waals surface area (Å²) in [5, 5.41) is 17.3. The van der Waals surface area contributed by atoms with Crippen molar-refractivity contribution in [3.05, 3.63) is 41.2 Å². The fourth-order valence-corrected chi connectivity index (χ4v) is 2.11. The Kier molecular flexibility index (Phi) is 4.63. The van der Waals surface area contributed by atoms with Gasteiger partial charge < -0.3 is 15.2 Å². The largest absolute Gasteiger partial charge is 0.507 e. The molecular formula is C15H21N3O2. The van der Waals surface area contributed by atoms with E-state index in [9.17, 15) is 5.11 Å². The summed E-state index contributed by atoms with van der Waals surface area (Å²) in [6.45, 7) is 5.92. The average molecular weight is 275 g/mol. The van der Waals surface area contributed by atoms with E-state index in [1.54, 1.807) is 13.3 Å². The van der Waals surface area contributed by atoms with E-state index in [2.05, 4.69) is 10.4 Å². The van der Waals surface area contributed by atoms with Crippen LogP contribution in [0.25, 0.3) is 0 Å². The molecule has 20 heavy (non-hydrogen) atoms. The molecule has 0 bridgehead atoms. The molecule has 108 valence electrons. The molecule has 0 saturated heterocycles. The maximum Gasteiger partial charge on any atom is 0.121 e.